The lowest BCUT2D eigenvalue weighted by Crippen LogP contribution is -2.47. The number of piperazine rings is 1. The molecule has 6 rings (SSSR count). The van der Waals surface area contributed by atoms with Crippen molar-refractivity contribution in [2.75, 3.05) is 75.6 Å². The molecule has 41 heavy (non-hydrogen) atoms. The van der Waals surface area contributed by atoms with Crippen LogP contribution in [-0.4, -0.2) is 95.5 Å². The van der Waals surface area contributed by atoms with Gasteiger partial charge in [-0.25, -0.2) is 19.9 Å². The van der Waals surface area contributed by atoms with Gasteiger partial charge in [0.25, 0.3) is 0 Å². The molecule has 11 nitrogen and oxygen atoms in total. The molecule has 2 aromatic carbocycles. The quantitative estimate of drug-likeness (QED) is 0.231. The van der Waals surface area contributed by atoms with Crippen LogP contribution in [-0.2, 0) is 0 Å². The zero-order valence-electron chi connectivity index (χ0n) is 23.4. The van der Waals surface area contributed by atoms with Crippen molar-refractivity contribution in [3.63, 3.8) is 0 Å². The number of aromatic nitrogens is 6. The minimum Gasteiger partial charge on any atom is -0.497 e. The molecule has 0 radical (unpaired) electrons. The van der Waals surface area contributed by atoms with E-state index in [0.29, 0.717) is 5.95 Å². The van der Waals surface area contributed by atoms with Crippen molar-refractivity contribution >= 4 is 55.2 Å². The molecule has 0 bridgehead atoms. The molecular weight excluding hydrogens is 584 g/mol. The normalized spacial score (nSPS) is 13.9. The molecule has 4 heterocycles. The molecule has 0 unspecified atom stereocenters. The highest BCUT2D eigenvalue weighted by molar-refractivity contribution is 9.10. The van der Waals surface area contributed by atoms with Gasteiger partial charge in [0, 0.05) is 55.6 Å². The topological polar surface area (TPSA) is 111 Å². The van der Waals surface area contributed by atoms with Crippen molar-refractivity contribution in [3.8, 4) is 17.0 Å². The van der Waals surface area contributed by atoms with Gasteiger partial charge in [-0.2, -0.15) is 5.10 Å². The second-order valence-corrected chi connectivity index (χ2v) is 11.1. The van der Waals surface area contributed by atoms with E-state index < -0.39 is 0 Å². The second kappa shape index (κ2) is 11.8. The Morgan fingerprint density at radius 3 is 2.66 bits per heavy atom. The number of hydrogen-bond acceptors (Lipinski definition) is 10. The summed E-state index contributed by atoms with van der Waals surface area (Å²) in [6.45, 7) is 5.13. The molecule has 1 aliphatic heterocycles. The van der Waals surface area contributed by atoms with Crippen LogP contribution in [0.1, 0.15) is 6.42 Å². The Balaban J connectivity index is 1.29. The monoisotopic (exact) mass is 616 g/mol. The first-order valence-corrected chi connectivity index (χ1v) is 14.5. The molecule has 0 amide bonds. The number of aromatic amines is 1. The standard InChI is InChI=1S/C29H33BrN10O/c1-38(2)10-4-8-31-29-32-9-7-23(35-29)20-15-19-5-6-21(41-3)17-22(19)24(16-20)39-11-13-40(14-12-39)28-25-26(30)36-37-27(25)33-18-34-28/h5-7,9,15-18H,4,8,10-14H2,1-3H3,(H,31,32,35)(H,33,34,36,37). The summed E-state index contributed by atoms with van der Waals surface area (Å²) in [4.78, 5) is 25.1. The zero-order valence-corrected chi connectivity index (χ0v) is 25.0. The van der Waals surface area contributed by atoms with E-state index in [1.807, 2.05) is 18.3 Å². The minimum atomic E-state index is 0.646. The number of fused-ring (bicyclic) bond motifs is 2. The molecule has 212 valence electrons. The highest BCUT2D eigenvalue weighted by Crippen LogP contribution is 2.36. The SMILES string of the molecule is COc1ccc2cc(-c3ccnc(NCCCN(C)C)n3)cc(N3CCN(c4ncnc5[nH]nc(Br)c45)CC3)c2c1. The Labute approximate surface area is 247 Å². The summed E-state index contributed by atoms with van der Waals surface area (Å²) in [5.41, 5.74) is 3.83. The number of nitrogens with zero attached hydrogens (tertiary/aromatic N) is 8. The van der Waals surface area contributed by atoms with Crippen molar-refractivity contribution in [2.45, 2.75) is 6.42 Å². The van der Waals surface area contributed by atoms with E-state index in [4.69, 9.17) is 9.72 Å². The molecule has 0 atom stereocenters. The van der Waals surface area contributed by atoms with Crippen LogP contribution in [0.3, 0.4) is 0 Å². The first-order chi connectivity index (χ1) is 20.0. The van der Waals surface area contributed by atoms with Crippen LogP contribution in [0.25, 0.3) is 33.1 Å². The maximum Gasteiger partial charge on any atom is 0.223 e. The van der Waals surface area contributed by atoms with Crippen LogP contribution in [0, 0.1) is 0 Å². The summed E-state index contributed by atoms with van der Waals surface area (Å²) >= 11 is 3.54. The lowest BCUT2D eigenvalue weighted by atomic mass is 10.0. The first-order valence-electron chi connectivity index (χ1n) is 13.7. The number of benzene rings is 2. The molecule has 0 spiro atoms. The second-order valence-electron chi connectivity index (χ2n) is 10.3. The van der Waals surface area contributed by atoms with Gasteiger partial charge in [-0.1, -0.05) is 6.07 Å². The minimum absolute atomic E-state index is 0.646. The van der Waals surface area contributed by atoms with E-state index in [-0.39, 0.29) is 0 Å². The number of anilines is 3. The maximum atomic E-state index is 5.59. The summed E-state index contributed by atoms with van der Waals surface area (Å²) in [6.07, 6.45) is 4.43. The van der Waals surface area contributed by atoms with Crippen molar-refractivity contribution in [1.29, 1.82) is 0 Å². The average Bonchev–Trinajstić information content (AvgIpc) is 3.39. The number of ether oxygens (including phenoxy) is 1. The predicted molar refractivity (Wildman–Crippen MR) is 167 cm³/mol. The van der Waals surface area contributed by atoms with E-state index in [1.165, 1.54) is 0 Å². The van der Waals surface area contributed by atoms with Crippen LogP contribution in [0.2, 0.25) is 0 Å². The van der Waals surface area contributed by atoms with Gasteiger partial charge in [0.15, 0.2) is 5.65 Å². The smallest absolute Gasteiger partial charge is 0.223 e. The Morgan fingerprint density at radius 2 is 1.85 bits per heavy atom. The van der Waals surface area contributed by atoms with Gasteiger partial charge in [-0.15, -0.1) is 0 Å². The van der Waals surface area contributed by atoms with Crippen LogP contribution < -0.4 is 19.9 Å². The largest absolute Gasteiger partial charge is 0.497 e. The van der Waals surface area contributed by atoms with Gasteiger partial charge in [0.2, 0.25) is 5.95 Å². The number of hydrogen-bond donors (Lipinski definition) is 2. The molecular formula is C29H33BrN10O. The van der Waals surface area contributed by atoms with Crippen LogP contribution in [0.4, 0.5) is 17.5 Å². The van der Waals surface area contributed by atoms with Crippen molar-refractivity contribution in [1.82, 2.24) is 35.0 Å². The first kappa shape index (κ1) is 27.2. The summed E-state index contributed by atoms with van der Waals surface area (Å²) in [7, 11) is 5.87. The lowest BCUT2D eigenvalue weighted by molar-refractivity contribution is 0.405. The summed E-state index contributed by atoms with van der Waals surface area (Å²) in [5, 5.41) is 13.8. The summed E-state index contributed by atoms with van der Waals surface area (Å²) in [5.74, 6) is 2.37. The Kier molecular flexibility index (Phi) is 7.84. The Bertz CT molecular complexity index is 1660. The fraction of sp³-hybridized carbons (Fsp3) is 0.345. The fourth-order valence-corrected chi connectivity index (χ4v) is 5.72. The molecule has 1 aliphatic rings. The van der Waals surface area contributed by atoms with Gasteiger partial charge in [-0.3, -0.25) is 5.10 Å². The van der Waals surface area contributed by atoms with E-state index in [1.54, 1.807) is 13.4 Å². The number of rotatable bonds is 9. The molecule has 1 fully saturated rings. The van der Waals surface area contributed by atoms with Crippen molar-refractivity contribution < 1.29 is 4.74 Å². The Morgan fingerprint density at radius 1 is 1.02 bits per heavy atom. The predicted octanol–water partition coefficient (Wildman–Crippen LogP) is 4.42. The summed E-state index contributed by atoms with van der Waals surface area (Å²) < 4.78 is 6.32. The molecule has 0 aliphatic carbocycles. The average molecular weight is 618 g/mol. The van der Waals surface area contributed by atoms with Gasteiger partial charge >= 0.3 is 0 Å². The van der Waals surface area contributed by atoms with Gasteiger partial charge in [0.1, 0.15) is 22.5 Å². The van der Waals surface area contributed by atoms with E-state index in [9.17, 15) is 0 Å². The third-order valence-corrected chi connectivity index (χ3v) is 7.94. The van der Waals surface area contributed by atoms with Gasteiger partial charge < -0.3 is 24.8 Å². The molecule has 12 heteroatoms. The zero-order chi connectivity index (χ0) is 28.3. The van der Waals surface area contributed by atoms with E-state index in [2.05, 4.69) is 99.5 Å². The molecule has 0 saturated carbocycles. The highest BCUT2D eigenvalue weighted by Gasteiger charge is 2.24. The third kappa shape index (κ3) is 5.75. The molecule has 5 aromatic rings. The van der Waals surface area contributed by atoms with E-state index >= 15 is 0 Å². The van der Waals surface area contributed by atoms with Crippen molar-refractivity contribution in [3.05, 3.63) is 53.5 Å². The number of H-pyrrole nitrogens is 1. The summed E-state index contributed by atoms with van der Waals surface area (Å²) in [6, 6.07) is 12.7. The van der Waals surface area contributed by atoms with Gasteiger partial charge in [-0.05, 0) is 78.7 Å². The highest BCUT2D eigenvalue weighted by atomic mass is 79.9. The van der Waals surface area contributed by atoms with Crippen molar-refractivity contribution in [2.24, 2.45) is 0 Å². The molecule has 3 aromatic heterocycles. The number of halogens is 1. The Hall–Kier alpha value is -4.03. The molecule has 2 N–H and O–H groups in total. The number of nitrogens with one attached hydrogen (secondary N) is 2. The van der Waals surface area contributed by atoms with E-state index in [0.717, 1.165) is 101 Å². The lowest BCUT2D eigenvalue weighted by Gasteiger charge is -2.37. The van der Waals surface area contributed by atoms with Crippen LogP contribution >= 0.6 is 15.9 Å². The maximum absolute atomic E-state index is 5.59. The fourth-order valence-electron chi connectivity index (χ4n) is 5.26. The third-order valence-electron chi connectivity index (χ3n) is 7.37. The molecule has 1 saturated heterocycles. The number of methoxy groups -OCH3 is 1. The van der Waals surface area contributed by atoms with Gasteiger partial charge in [0.05, 0.1) is 18.2 Å². The van der Waals surface area contributed by atoms with Crippen LogP contribution in [0.15, 0.2) is 53.5 Å². The van der Waals surface area contributed by atoms with Crippen LogP contribution in [0.5, 0.6) is 5.75 Å².